The number of anilines is 2. The number of rotatable bonds is 7. The smallest absolute Gasteiger partial charge is 0.335 e. The number of nitrogens with one attached hydrogen (secondary N) is 2. The van der Waals surface area contributed by atoms with Gasteiger partial charge in [-0.15, -0.1) is 0 Å². The number of carboxylic acid groups (broad SMARTS) is 1. The van der Waals surface area contributed by atoms with E-state index in [2.05, 4.69) is 15.0 Å². The maximum Gasteiger partial charge on any atom is 0.335 e. The third kappa shape index (κ3) is 5.13. The molecule has 8 nitrogen and oxygen atoms in total. The Balaban J connectivity index is 1.58. The van der Waals surface area contributed by atoms with Crippen LogP contribution >= 0.6 is 11.3 Å². The van der Waals surface area contributed by atoms with E-state index >= 15 is 0 Å². The number of aryl methyl sites for hydroxylation is 2. The molecule has 0 spiro atoms. The Kier molecular flexibility index (Phi) is 6.72. The number of sulfonamides is 1. The Morgan fingerprint density at radius 2 is 1.74 bits per heavy atom. The average molecular weight is 500 g/mol. The molecular weight excluding hydrogens is 474 g/mol. The highest BCUT2D eigenvalue weighted by molar-refractivity contribution is 7.92. The van der Waals surface area contributed by atoms with E-state index in [1.54, 1.807) is 19.1 Å². The molecule has 4 rings (SSSR count). The third-order valence-electron chi connectivity index (χ3n) is 5.88. The molecule has 3 aromatic rings. The van der Waals surface area contributed by atoms with Crippen LogP contribution in [0.25, 0.3) is 10.4 Å². The number of thiazole rings is 1. The molecule has 1 aliphatic rings. The number of hydrogen-bond acceptors (Lipinski definition) is 6. The van der Waals surface area contributed by atoms with Gasteiger partial charge in [0.2, 0.25) is 5.91 Å². The number of benzene rings is 2. The van der Waals surface area contributed by atoms with Crippen molar-refractivity contribution in [3.05, 3.63) is 59.3 Å². The van der Waals surface area contributed by atoms with E-state index in [1.807, 2.05) is 13.0 Å². The Morgan fingerprint density at radius 1 is 1.06 bits per heavy atom. The van der Waals surface area contributed by atoms with Crippen LogP contribution in [0.2, 0.25) is 0 Å². The minimum atomic E-state index is -3.93. The topological polar surface area (TPSA) is 125 Å². The van der Waals surface area contributed by atoms with Gasteiger partial charge in [0, 0.05) is 11.6 Å². The van der Waals surface area contributed by atoms with Gasteiger partial charge >= 0.3 is 5.97 Å². The lowest BCUT2D eigenvalue weighted by Gasteiger charge is -2.12. The fourth-order valence-electron chi connectivity index (χ4n) is 4.03. The number of carboxylic acids is 1. The Hall–Kier alpha value is -3.24. The summed E-state index contributed by atoms with van der Waals surface area (Å²) in [5, 5.41) is 12.4. The van der Waals surface area contributed by atoms with Crippen LogP contribution in [-0.4, -0.2) is 30.4 Å². The van der Waals surface area contributed by atoms with Crippen molar-refractivity contribution in [2.75, 3.05) is 10.0 Å². The van der Waals surface area contributed by atoms with Crippen LogP contribution in [0.4, 0.5) is 10.8 Å². The van der Waals surface area contributed by atoms with Gasteiger partial charge in [-0.05, 0) is 68.1 Å². The van der Waals surface area contributed by atoms with Crippen molar-refractivity contribution in [1.82, 2.24) is 4.98 Å². The summed E-state index contributed by atoms with van der Waals surface area (Å²) in [6, 6.07) is 10.6. The van der Waals surface area contributed by atoms with Crippen molar-refractivity contribution in [2.24, 2.45) is 5.92 Å². The van der Waals surface area contributed by atoms with E-state index < -0.39 is 16.0 Å². The Bertz CT molecular complexity index is 1340. The maximum absolute atomic E-state index is 13.1. The van der Waals surface area contributed by atoms with Crippen molar-refractivity contribution in [3.8, 4) is 10.4 Å². The molecule has 1 heterocycles. The van der Waals surface area contributed by atoms with E-state index in [4.69, 9.17) is 5.11 Å². The van der Waals surface area contributed by atoms with Crippen molar-refractivity contribution >= 4 is 44.1 Å². The van der Waals surface area contributed by atoms with E-state index in [-0.39, 0.29) is 28.0 Å². The summed E-state index contributed by atoms with van der Waals surface area (Å²) in [5.41, 5.74) is 2.29. The van der Waals surface area contributed by atoms with E-state index in [0.717, 1.165) is 30.6 Å². The molecule has 10 heteroatoms. The molecule has 2 aromatic carbocycles. The van der Waals surface area contributed by atoms with Crippen LogP contribution in [-0.2, 0) is 14.8 Å². The molecule has 1 amide bonds. The second-order valence-electron chi connectivity index (χ2n) is 8.37. The van der Waals surface area contributed by atoms with Gasteiger partial charge in [0.1, 0.15) is 0 Å². The molecule has 1 aliphatic carbocycles. The van der Waals surface area contributed by atoms with Crippen LogP contribution in [0.1, 0.15) is 47.3 Å². The zero-order valence-corrected chi connectivity index (χ0v) is 20.4. The molecule has 3 N–H and O–H groups in total. The molecule has 34 heavy (non-hydrogen) atoms. The zero-order valence-electron chi connectivity index (χ0n) is 18.8. The number of hydrogen-bond donors (Lipinski definition) is 3. The normalized spacial score (nSPS) is 14.2. The lowest BCUT2D eigenvalue weighted by Crippen LogP contribution is -2.20. The quantitative estimate of drug-likeness (QED) is 0.417. The first-order valence-corrected chi connectivity index (χ1v) is 13.2. The minimum absolute atomic E-state index is 0.0110. The van der Waals surface area contributed by atoms with Gasteiger partial charge < -0.3 is 10.4 Å². The van der Waals surface area contributed by atoms with Gasteiger partial charge in [0.25, 0.3) is 10.0 Å². The molecule has 0 saturated heterocycles. The largest absolute Gasteiger partial charge is 0.478 e. The molecular formula is C24H25N3O5S2. The van der Waals surface area contributed by atoms with Crippen LogP contribution in [0, 0.1) is 19.8 Å². The standard InChI is InChI=1S/C24H25N3O5S2/c1-14-7-8-18(21-15(2)25-24(33-21)26-22(28)16-5-3-4-6-16)13-20(14)34(31,32)27-19-11-9-17(10-12-19)23(29)30/h7-13,16,27H,3-6H2,1-2H3,(H,29,30)(H,25,26,28). The summed E-state index contributed by atoms with van der Waals surface area (Å²) in [5.74, 6) is -1.07. The number of carbonyl (C=O) groups excluding carboxylic acids is 1. The lowest BCUT2D eigenvalue weighted by atomic mass is 10.1. The summed E-state index contributed by atoms with van der Waals surface area (Å²) >= 11 is 1.32. The molecule has 0 bridgehead atoms. The predicted octanol–water partition coefficient (Wildman–Crippen LogP) is 5.05. The predicted molar refractivity (Wildman–Crippen MR) is 132 cm³/mol. The fraction of sp³-hybridized carbons (Fsp3) is 0.292. The van der Waals surface area contributed by atoms with Crippen molar-refractivity contribution in [1.29, 1.82) is 0 Å². The first-order valence-electron chi connectivity index (χ1n) is 10.9. The molecule has 1 fully saturated rings. The zero-order chi connectivity index (χ0) is 24.5. The van der Waals surface area contributed by atoms with E-state index in [9.17, 15) is 18.0 Å². The van der Waals surface area contributed by atoms with E-state index in [0.29, 0.717) is 22.0 Å². The van der Waals surface area contributed by atoms with Crippen LogP contribution < -0.4 is 10.0 Å². The van der Waals surface area contributed by atoms with Gasteiger partial charge in [0.15, 0.2) is 5.13 Å². The summed E-state index contributed by atoms with van der Waals surface area (Å²) in [6.07, 6.45) is 3.93. The van der Waals surface area contributed by atoms with Gasteiger partial charge in [-0.1, -0.05) is 36.3 Å². The highest BCUT2D eigenvalue weighted by Gasteiger charge is 2.24. The van der Waals surface area contributed by atoms with Crippen LogP contribution in [0.3, 0.4) is 0 Å². The summed E-state index contributed by atoms with van der Waals surface area (Å²) in [4.78, 5) is 28.9. The number of amides is 1. The summed E-state index contributed by atoms with van der Waals surface area (Å²) in [7, 11) is -3.93. The molecule has 0 radical (unpaired) electrons. The molecule has 1 saturated carbocycles. The monoisotopic (exact) mass is 499 g/mol. The third-order valence-corrected chi connectivity index (χ3v) is 8.52. The highest BCUT2D eigenvalue weighted by Crippen LogP contribution is 2.36. The highest BCUT2D eigenvalue weighted by atomic mass is 32.2. The van der Waals surface area contributed by atoms with Crippen molar-refractivity contribution in [3.63, 3.8) is 0 Å². The van der Waals surface area contributed by atoms with Crippen molar-refractivity contribution < 1.29 is 23.1 Å². The number of carbonyl (C=O) groups is 2. The van der Waals surface area contributed by atoms with E-state index in [1.165, 1.54) is 35.6 Å². The lowest BCUT2D eigenvalue weighted by molar-refractivity contribution is -0.119. The molecule has 0 unspecified atom stereocenters. The van der Waals surface area contributed by atoms with Crippen molar-refractivity contribution in [2.45, 2.75) is 44.4 Å². The Labute approximate surface area is 202 Å². The average Bonchev–Trinajstić information content (AvgIpc) is 3.44. The molecule has 178 valence electrons. The number of aromatic nitrogens is 1. The van der Waals surface area contributed by atoms with Gasteiger partial charge in [-0.3, -0.25) is 9.52 Å². The van der Waals surface area contributed by atoms with Crippen LogP contribution in [0.5, 0.6) is 0 Å². The minimum Gasteiger partial charge on any atom is -0.478 e. The van der Waals surface area contributed by atoms with Gasteiger partial charge in [0.05, 0.1) is 21.0 Å². The van der Waals surface area contributed by atoms with Gasteiger partial charge in [-0.2, -0.15) is 0 Å². The first-order chi connectivity index (χ1) is 16.1. The summed E-state index contributed by atoms with van der Waals surface area (Å²) < 4.78 is 28.7. The summed E-state index contributed by atoms with van der Waals surface area (Å²) in [6.45, 7) is 3.53. The SMILES string of the molecule is Cc1ccc(-c2sc(NC(=O)C3CCCC3)nc2C)cc1S(=O)(=O)Nc1ccc(C(=O)O)cc1. The number of nitrogens with zero attached hydrogens (tertiary/aromatic N) is 1. The fourth-order valence-corrected chi connectivity index (χ4v) is 6.33. The number of aromatic carboxylic acids is 1. The first kappa shape index (κ1) is 23.9. The second kappa shape index (κ2) is 9.55. The molecule has 1 aromatic heterocycles. The molecule has 0 aliphatic heterocycles. The van der Waals surface area contributed by atoms with Gasteiger partial charge in [-0.25, -0.2) is 18.2 Å². The molecule has 0 atom stereocenters. The second-order valence-corrected chi connectivity index (χ2v) is 11.0. The van der Waals surface area contributed by atoms with Crippen LogP contribution in [0.15, 0.2) is 47.4 Å². The maximum atomic E-state index is 13.1. The Morgan fingerprint density at radius 3 is 2.38 bits per heavy atom.